The zero-order chi connectivity index (χ0) is 12.4. The van der Waals surface area contributed by atoms with Crippen molar-refractivity contribution in [2.45, 2.75) is 59.2 Å². The van der Waals surface area contributed by atoms with Gasteiger partial charge in [-0.1, -0.05) is 27.7 Å². The number of rotatable bonds is 6. The Morgan fingerprint density at radius 1 is 1.18 bits per heavy atom. The molecule has 0 aromatic carbocycles. The van der Waals surface area contributed by atoms with Crippen molar-refractivity contribution in [1.29, 1.82) is 0 Å². The summed E-state index contributed by atoms with van der Waals surface area (Å²) in [6.07, 6.45) is 4.63. The Bertz CT molecular complexity index is 356. The Balaban J connectivity index is 1.84. The highest BCUT2D eigenvalue weighted by atomic mass is 32.1. The van der Waals surface area contributed by atoms with E-state index in [0.29, 0.717) is 18.1 Å². The van der Waals surface area contributed by atoms with E-state index in [-0.39, 0.29) is 0 Å². The van der Waals surface area contributed by atoms with Gasteiger partial charge in [0.1, 0.15) is 0 Å². The lowest BCUT2D eigenvalue weighted by molar-refractivity contribution is 0.323. The van der Waals surface area contributed by atoms with Gasteiger partial charge in [0.05, 0.1) is 12.2 Å². The maximum absolute atomic E-state index is 5.68. The van der Waals surface area contributed by atoms with Crippen LogP contribution in [0.1, 0.15) is 43.9 Å². The van der Waals surface area contributed by atoms with Crippen LogP contribution in [0.5, 0.6) is 0 Å². The van der Waals surface area contributed by atoms with E-state index in [1.807, 2.05) is 11.3 Å². The van der Waals surface area contributed by atoms with Crippen LogP contribution in [0.25, 0.3) is 0 Å². The Kier molecular flexibility index (Phi) is 4.26. The minimum Gasteiger partial charge on any atom is -0.369 e. The second-order valence-electron chi connectivity index (χ2n) is 5.69. The van der Waals surface area contributed by atoms with Gasteiger partial charge < -0.3 is 4.74 Å². The number of ether oxygens (including phenoxy) is 1. The molecule has 0 bridgehead atoms. The van der Waals surface area contributed by atoms with Crippen molar-refractivity contribution in [1.82, 2.24) is 0 Å². The van der Waals surface area contributed by atoms with Gasteiger partial charge in [-0.15, -0.1) is 11.3 Å². The average Bonchev–Trinajstić information content (AvgIpc) is 2.94. The first kappa shape index (κ1) is 13.1. The molecule has 0 spiro atoms. The van der Waals surface area contributed by atoms with Gasteiger partial charge >= 0.3 is 0 Å². The first-order valence-corrected chi connectivity index (χ1v) is 7.64. The normalized spacial score (nSPS) is 25.2. The zero-order valence-electron chi connectivity index (χ0n) is 11.4. The smallest absolute Gasteiger partial charge is 0.0870 e. The molecule has 0 N–H and O–H groups in total. The van der Waals surface area contributed by atoms with Crippen molar-refractivity contribution in [2.75, 3.05) is 0 Å². The fraction of sp³-hybridized carbons (Fsp3) is 0.733. The van der Waals surface area contributed by atoms with Crippen LogP contribution in [0.3, 0.4) is 0 Å². The lowest BCUT2D eigenvalue weighted by atomic mass is 10.00. The van der Waals surface area contributed by atoms with Crippen LogP contribution in [0.2, 0.25) is 0 Å². The fourth-order valence-electron chi connectivity index (χ4n) is 2.46. The molecule has 1 saturated heterocycles. The highest BCUT2D eigenvalue weighted by Gasteiger charge is 2.41. The van der Waals surface area contributed by atoms with E-state index in [1.165, 1.54) is 22.6 Å². The Morgan fingerprint density at radius 3 is 2.35 bits per heavy atom. The molecule has 0 aliphatic carbocycles. The highest BCUT2D eigenvalue weighted by molar-refractivity contribution is 7.11. The van der Waals surface area contributed by atoms with Crippen LogP contribution in [0, 0.1) is 11.8 Å². The molecular weight excluding hydrogens is 228 g/mol. The molecule has 96 valence electrons. The lowest BCUT2D eigenvalue weighted by Gasteiger charge is -2.06. The molecule has 0 radical (unpaired) electrons. The third kappa shape index (κ3) is 3.56. The van der Waals surface area contributed by atoms with Gasteiger partial charge in [-0.05, 0) is 43.2 Å². The van der Waals surface area contributed by atoms with Crippen LogP contribution >= 0.6 is 11.3 Å². The van der Waals surface area contributed by atoms with Gasteiger partial charge in [0.15, 0.2) is 0 Å². The lowest BCUT2D eigenvalue weighted by Crippen LogP contribution is -2.08. The van der Waals surface area contributed by atoms with E-state index in [2.05, 4.69) is 39.8 Å². The second-order valence-corrected chi connectivity index (χ2v) is 6.95. The second kappa shape index (κ2) is 5.53. The molecule has 17 heavy (non-hydrogen) atoms. The van der Waals surface area contributed by atoms with Crippen LogP contribution in [-0.2, 0) is 17.6 Å². The maximum Gasteiger partial charge on any atom is 0.0870 e. The van der Waals surface area contributed by atoms with Crippen LogP contribution < -0.4 is 0 Å². The van der Waals surface area contributed by atoms with Crippen molar-refractivity contribution >= 4 is 11.3 Å². The molecule has 1 aliphatic rings. The van der Waals surface area contributed by atoms with Crippen molar-refractivity contribution in [2.24, 2.45) is 11.8 Å². The summed E-state index contributed by atoms with van der Waals surface area (Å²) >= 11 is 1.99. The summed E-state index contributed by atoms with van der Waals surface area (Å²) in [5, 5.41) is 0. The predicted octanol–water partition coefficient (Wildman–Crippen LogP) is 4.30. The number of hydrogen-bond acceptors (Lipinski definition) is 2. The molecule has 2 heterocycles. The molecule has 3 atom stereocenters. The van der Waals surface area contributed by atoms with E-state index >= 15 is 0 Å². The topological polar surface area (TPSA) is 12.5 Å². The minimum absolute atomic E-state index is 0.524. The first-order chi connectivity index (χ1) is 8.10. The summed E-state index contributed by atoms with van der Waals surface area (Å²) in [7, 11) is 0. The number of epoxide rings is 1. The molecule has 2 heteroatoms. The molecule has 3 unspecified atom stereocenters. The summed E-state index contributed by atoms with van der Waals surface area (Å²) in [6, 6.07) is 4.61. The van der Waals surface area contributed by atoms with Crippen molar-refractivity contribution in [3.63, 3.8) is 0 Å². The highest BCUT2D eigenvalue weighted by Crippen LogP contribution is 2.34. The molecule has 0 saturated carbocycles. The molecule has 1 aromatic rings. The SMILES string of the molecule is CCC1OC1C(C)Cc1ccc(CC(C)C)s1. The number of thiophene rings is 1. The third-order valence-electron chi connectivity index (χ3n) is 3.43. The van der Waals surface area contributed by atoms with Crippen LogP contribution in [-0.4, -0.2) is 12.2 Å². The largest absolute Gasteiger partial charge is 0.369 e. The van der Waals surface area contributed by atoms with E-state index in [9.17, 15) is 0 Å². The molecule has 0 amide bonds. The van der Waals surface area contributed by atoms with E-state index < -0.39 is 0 Å². The monoisotopic (exact) mass is 252 g/mol. The van der Waals surface area contributed by atoms with Gasteiger partial charge in [-0.3, -0.25) is 0 Å². The molecule has 1 aromatic heterocycles. The quantitative estimate of drug-likeness (QED) is 0.688. The molecule has 1 fully saturated rings. The summed E-state index contributed by atoms with van der Waals surface area (Å²) in [5.74, 6) is 1.43. The van der Waals surface area contributed by atoms with Gasteiger partial charge in [0.25, 0.3) is 0 Å². The Morgan fingerprint density at radius 2 is 1.82 bits per heavy atom. The fourth-order valence-corrected chi connectivity index (χ4v) is 3.83. The van der Waals surface area contributed by atoms with Crippen LogP contribution in [0.4, 0.5) is 0 Å². The first-order valence-electron chi connectivity index (χ1n) is 6.83. The van der Waals surface area contributed by atoms with E-state index in [1.54, 1.807) is 0 Å². The van der Waals surface area contributed by atoms with Gasteiger partial charge in [0.2, 0.25) is 0 Å². The standard InChI is InChI=1S/C15H24OS/c1-5-14-15(16-14)11(4)9-13-7-6-12(17-13)8-10(2)3/h6-7,10-11,14-15H,5,8-9H2,1-4H3. The average molecular weight is 252 g/mol. The number of hydrogen-bond donors (Lipinski definition) is 0. The van der Waals surface area contributed by atoms with Gasteiger partial charge in [0, 0.05) is 9.75 Å². The predicted molar refractivity (Wildman–Crippen MR) is 74.7 cm³/mol. The minimum atomic E-state index is 0.524. The summed E-state index contributed by atoms with van der Waals surface area (Å²) in [5.41, 5.74) is 0. The summed E-state index contributed by atoms with van der Waals surface area (Å²) < 4.78 is 5.68. The van der Waals surface area contributed by atoms with Gasteiger partial charge in [-0.25, -0.2) is 0 Å². The summed E-state index contributed by atoms with van der Waals surface area (Å²) in [6.45, 7) is 9.10. The Labute approximate surface area is 109 Å². The summed E-state index contributed by atoms with van der Waals surface area (Å²) in [4.78, 5) is 3.06. The van der Waals surface area contributed by atoms with Crippen LogP contribution in [0.15, 0.2) is 12.1 Å². The third-order valence-corrected chi connectivity index (χ3v) is 4.56. The van der Waals surface area contributed by atoms with Crippen molar-refractivity contribution in [3.8, 4) is 0 Å². The van der Waals surface area contributed by atoms with E-state index in [0.717, 1.165) is 12.3 Å². The molecule has 1 nitrogen and oxygen atoms in total. The van der Waals surface area contributed by atoms with Gasteiger partial charge in [-0.2, -0.15) is 0 Å². The van der Waals surface area contributed by atoms with Crippen molar-refractivity contribution in [3.05, 3.63) is 21.9 Å². The molecular formula is C15H24OS. The van der Waals surface area contributed by atoms with Crippen molar-refractivity contribution < 1.29 is 4.74 Å². The van der Waals surface area contributed by atoms with E-state index in [4.69, 9.17) is 4.74 Å². The molecule has 2 rings (SSSR count). The maximum atomic E-state index is 5.68. The molecule has 1 aliphatic heterocycles. The zero-order valence-corrected chi connectivity index (χ0v) is 12.2. The Hall–Kier alpha value is -0.340.